The quantitative estimate of drug-likeness (QED) is 0.798. The number of pyridine rings is 1. The molecule has 0 spiro atoms. The highest BCUT2D eigenvalue weighted by Crippen LogP contribution is 2.19. The first-order valence-corrected chi connectivity index (χ1v) is 8.60. The third-order valence-corrected chi connectivity index (χ3v) is 4.66. The third-order valence-electron chi connectivity index (χ3n) is 4.66. The van der Waals surface area contributed by atoms with Gasteiger partial charge in [0.1, 0.15) is 0 Å². The molecule has 1 aromatic carbocycles. The van der Waals surface area contributed by atoms with Gasteiger partial charge < -0.3 is 4.90 Å². The van der Waals surface area contributed by atoms with Gasteiger partial charge >= 0.3 is 0 Å². The molecular formula is C20H20N4O. The molecule has 126 valence electrons. The molecule has 0 saturated carbocycles. The summed E-state index contributed by atoms with van der Waals surface area (Å²) in [4.78, 5) is 26.6. The van der Waals surface area contributed by atoms with Crippen LogP contribution in [0, 0.1) is 6.92 Å². The number of anilines is 1. The summed E-state index contributed by atoms with van der Waals surface area (Å²) in [5.74, 6) is 0.627. The number of hydrogen-bond acceptors (Lipinski definition) is 4. The molecule has 0 atom stereocenters. The summed E-state index contributed by atoms with van der Waals surface area (Å²) in [6, 6.07) is 10.0. The molecule has 0 aliphatic carbocycles. The molecule has 4 rings (SSSR count). The molecule has 3 heterocycles. The Kier molecular flexibility index (Phi) is 4.06. The molecule has 1 aliphatic rings. The zero-order chi connectivity index (χ0) is 17.2. The summed E-state index contributed by atoms with van der Waals surface area (Å²) in [5, 5.41) is 0.537. The third kappa shape index (κ3) is 3.05. The van der Waals surface area contributed by atoms with Gasteiger partial charge in [-0.25, -0.2) is 4.98 Å². The van der Waals surface area contributed by atoms with Gasteiger partial charge in [-0.2, -0.15) is 4.98 Å². The summed E-state index contributed by atoms with van der Waals surface area (Å²) in [7, 11) is 0. The van der Waals surface area contributed by atoms with E-state index in [1.807, 2.05) is 30.4 Å². The zero-order valence-corrected chi connectivity index (χ0v) is 14.2. The number of aryl methyl sites for hydroxylation is 1. The van der Waals surface area contributed by atoms with Gasteiger partial charge in [-0.3, -0.25) is 9.78 Å². The van der Waals surface area contributed by atoms with Crippen molar-refractivity contribution in [2.45, 2.75) is 19.8 Å². The van der Waals surface area contributed by atoms with Gasteiger partial charge in [0.2, 0.25) is 5.95 Å². The average Bonchev–Trinajstić information content (AvgIpc) is 3.15. The second-order valence-corrected chi connectivity index (χ2v) is 6.37. The van der Waals surface area contributed by atoms with Crippen molar-refractivity contribution >= 4 is 29.1 Å². The Bertz CT molecular complexity index is 1000. The average molecular weight is 332 g/mol. The Hall–Kier alpha value is -2.95. The van der Waals surface area contributed by atoms with Crippen molar-refractivity contribution in [1.82, 2.24) is 15.0 Å². The Morgan fingerprint density at radius 1 is 1.08 bits per heavy atom. The Balaban J connectivity index is 1.77. The van der Waals surface area contributed by atoms with Crippen molar-refractivity contribution in [3.63, 3.8) is 0 Å². The van der Waals surface area contributed by atoms with E-state index in [4.69, 9.17) is 0 Å². The van der Waals surface area contributed by atoms with Crippen molar-refractivity contribution in [2.24, 2.45) is 0 Å². The minimum atomic E-state index is -0.135. The first-order valence-electron chi connectivity index (χ1n) is 8.60. The second-order valence-electron chi connectivity index (χ2n) is 6.37. The predicted molar refractivity (Wildman–Crippen MR) is 102 cm³/mol. The SMILES string of the molecule is Cc1ccccc1/C=C/c1ccnc2nc(N3CCCC3)[nH]c(=O)c12. The van der Waals surface area contributed by atoms with E-state index in [1.54, 1.807) is 6.20 Å². The van der Waals surface area contributed by atoms with Crippen molar-refractivity contribution in [3.05, 3.63) is 63.6 Å². The lowest BCUT2D eigenvalue weighted by atomic mass is 10.1. The molecule has 1 saturated heterocycles. The first kappa shape index (κ1) is 15.6. The van der Waals surface area contributed by atoms with Crippen molar-refractivity contribution in [1.29, 1.82) is 0 Å². The maximum atomic E-state index is 12.7. The predicted octanol–water partition coefficient (Wildman–Crippen LogP) is 3.40. The number of nitrogens with zero attached hydrogens (tertiary/aromatic N) is 3. The summed E-state index contributed by atoms with van der Waals surface area (Å²) in [5.41, 5.74) is 3.52. The Morgan fingerprint density at radius 2 is 1.84 bits per heavy atom. The van der Waals surface area contributed by atoms with Crippen molar-refractivity contribution in [3.8, 4) is 0 Å². The van der Waals surface area contributed by atoms with Gasteiger partial charge in [-0.1, -0.05) is 36.4 Å². The lowest BCUT2D eigenvalue weighted by Gasteiger charge is -2.15. The fraction of sp³-hybridized carbons (Fsp3) is 0.250. The molecule has 0 bridgehead atoms. The van der Waals surface area contributed by atoms with Crippen LogP contribution in [0.2, 0.25) is 0 Å². The maximum Gasteiger partial charge on any atom is 0.262 e. The highest BCUT2D eigenvalue weighted by molar-refractivity contribution is 5.88. The van der Waals surface area contributed by atoms with Crippen LogP contribution in [-0.4, -0.2) is 28.0 Å². The van der Waals surface area contributed by atoms with Crippen LogP contribution in [0.25, 0.3) is 23.2 Å². The lowest BCUT2D eigenvalue weighted by molar-refractivity contribution is 0.897. The molecule has 0 unspecified atom stereocenters. The molecule has 1 fully saturated rings. The van der Waals surface area contributed by atoms with Crippen molar-refractivity contribution < 1.29 is 0 Å². The minimum absolute atomic E-state index is 0.135. The minimum Gasteiger partial charge on any atom is -0.342 e. The number of hydrogen-bond donors (Lipinski definition) is 1. The van der Waals surface area contributed by atoms with Gasteiger partial charge in [0.05, 0.1) is 5.39 Å². The van der Waals surface area contributed by atoms with Crippen LogP contribution in [0.15, 0.2) is 41.3 Å². The number of H-pyrrole nitrogens is 1. The maximum absolute atomic E-state index is 12.7. The largest absolute Gasteiger partial charge is 0.342 e. The van der Waals surface area contributed by atoms with Crippen LogP contribution < -0.4 is 10.5 Å². The molecule has 5 heteroatoms. The van der Waals surface area contributed by atoms with Crippen LogP contribution in [0.5, 0.6) is 0 Å². The van der Waals surface area contributed by atoms with E-state index in [2.05, 4.69) is 38.9 Å². The highest BCUT2D eigenvalue weighted by atomic mass is 16.1. The number of nitrogens with one attached hydrogen (secondary N) is 1. The van der Waals surface area contributed by atoms with E-state index in [1.165, 1.54) is 5.56 Å². The molecule has 0 amide bonds. The Morgan fingerprint density at radius 3 is 2.64 bits per heavy atom. The molecule has 25 heavy (non-hydrogen) atoms. The molecule has 3 aromatic rings. The number of aromatic nitrogens is 3. The molecule has 2 aromatic heterocycles. The van der Waals surface area contributed by atoms with E-state index in [-0.39, 0.29) is 5.56 Å². The van der Waals surface area contributed by atoms with E-state index in [0.29, 0.717) is 17.0 Å². The van der Waals surface area contributed by atoms with Crippen LogP contribution >= 0.6 is 0 Å². The first-order chi connectivity index (χ1) is 12.2. The summed E-state index contributed by atoms with van der Waals surface area (Å²) >= 11 is 0. The fourth-order valence-corrected chi connectivity index (χ4v) is 3.25. The van der Waals surface area contributed by atoms with Crippen LogP contribution in [0.1, 0.15) is 29.5 Å². The van der Waals surface area contributed by atoms with Crippen LogP contribution in [-0.2, 0) is 0 Å². The van der Waals surface area contributed by atoms with Gasteiger partial charge in [0.15, 0.2) is 5.65 Å². The zero-order valence-electron chi connectivity index (χ0n) is 14.2. The monoisotopic (exact) mass is 332 g/mol. The standard InChI is InChI=1S/C20H20N4O/c1-14-6-2-3-7-15(14)8-9-16-10-11-21-18-17(16)19(25)23-20(22-18)24-12-4-5-13-24/h2-3,6-11H,4-5,12-13H2,1H3,(H,21,22,23,25)/b9-8+. The van der Waals surface area contributed by atoms with Crippen LogP contribution in [0.3, 0.4) is 0 Å². The number of fused-ring (bicyclic) bond motifs is 1. The van der Waals surface area contributed by atoms with Gasteiger partial charge in [-0.15, -0.1) is 0 Å². The van der Waals surface area contributed by atoms with Crippen molar-refractivity contribution in [2.75, 3.05) is 18.0 Å². The summed E-state index contributed by atoms with van der Waals surface area (Å²) in [6.07, 6.45) is 7.96. The van der Waals surface area contributed by atoms with Gasteiger partial charge in [0.25, 0.3) is 5.56 Å². The molecular weight excluding hydrogens is 312 g/mol. The van der Waals surface area contributed by atoms with E-state index < -0.39 is 0 Å². The number of benzene rings is 1. The molecule has 5 nitrogen and oxygen atoms in total. The van der Waals surface area contributed by atoms with E-state index in [9.17, 15) is 4.79 Å². The lowest BCUT2D eigenvalue weighted by Crippen LogP contribution is -2.24. The second kappa shape index (κ2) is 6.51. The Labute approximate surface area is 146 Å². The van der Waals surface area contributed by atoms with Gasteiger partial charge in [0, 0.05) is 19.3 Å². The molecule has 0 radical (unpaired) electrons. The fourth-order valence-electron chi connectivity index (χ4n) is 3.25. The van der Waals surface area contributed by atoms with E-state index in [0.717, 1.165) is 37.1 Å². The smallest absolute Gasteiger partial charge is 0.262 e. The summed E-state index contributed by atoms with van der Waals surface area (Å²) < 4.78 is 0. The van der Waals surface area contributed by atoms with E-state index >= 15 is 0 Å². The number of aromatic amines is 1. The molecule has 1 aliphatic heterocycles. The normalized spacial score (nSPS) is 14.7. The van der Waals surface area contributed by atoms with Gasteiger partial charge in [-0.05, 0) is 42.5 Å². The topological polar surface area (TPSA) is 61.9 Å². The molecule has 1 N–H and O–H groups in total. The van der Waals surface area contributed by atoms with Crippen LogP contribution in [0.4, 0.5) is 5.95 Å². The highest BCUT2D eigenvalue weighted by Gasteiger charge is 2.16. The summed E-state index contributed by atoms with van der Waals surface area (Å²) in [6.45, 7) is 3.93. The number of rotatable bonds is 3.